The minimum Gasteiger partial charge on any atom is -0.486 e. The molecule has 0 amide bonds. The van der Waals surface area contributed by atoms with Crippen molar-refractivity contribution >= 4 is 26.0 Å². The van der Waals surface area contributed by atoms with E-state index in [1.807, 2.05) is 0 Å². The lowest BCUT2D eigenvalue weighted by Crippen LogP contribution is -2.55. The minimum absolute atomic E-state index is 0.126. The molecule has 1 saturated heterocycles. The van der Waals surface area contributed by atoms with Gasteiger partial charge in [-0.2, -0.15) is 4.31 Å². The van der Waals surface area contributed by atoms with E-state index in [9.17, 15) is 8.42 Å². The smallest absolute Gasteiger partial charge is 0.243 e. The second-order valence-corrected chi connectivity index (χ2v) is 7.56. The first kappa shape index (κ1) is 14.5. The highest BCUT2D eigenvalue weighted by Gasteiger charge is 2.38. The molecule has 1 aliphatic rings. The predicted octanol–water partition coefficient (Wildman–Crippen LogP) is 2.30. The molecule has 110 valence electrons. The highest BCUT2D eigenvalue weighted by atomic mass is 79.9. The van der Waals surface area contributed by atoms with Gasteiger partial charge in [0.2, 0.25) is 10.0 Å². The number of ether oxygens (including phenoxy) is 1. The van der Waals surface area contributed by atoms with Crippen LogP contribution >= 0.6 is 15.9 Å². The third kappa shape index (κ3) is 3.09. The molecule has 0 atom stereocenters. The van der Waals surface area contributed by atoms with Crippen LogP contribution in [0.4, 0.5) is 0 Å². The lowest BCUT2D eigenvalue weighted by molar-refractivity contribution is 0.0759. The largest absolute Gasteiger partial charge is 0.486 e. The molecule has 3 rings (SSSR count). The molecular formula is C14H13BrN2O3S. The van der Waals surface area contributed by atoms with Crippen LogP contribution in [0.3, 0.4) is 0 Å². The summed E-state index contributed by atoms with van der Waals surface area (Å²) in [7, 11) is -3.43. The summed E-state index contributed by atoms with van der Waals surface area (Å²) >= 11 is 3.29. The van der Waals surface area contributed by atoms with Gasteiger partial charge in [-0.1, -0.05) is 15.9 Å². The third-order valence-corrected chi connectivity index (χ3v) is 5.58. The number of aromatic nitrogens is 1. The number of hydrogen-bond donors (Lipinski definition) is 0. The predicted molar refractivity (Wildman–Crippen MR) is 81.6 cm³/mol. The molecule has 1 fully saturated rings. The summed E-state index contributed by atoms with van der Waals surface area (Å²) in [5.74, 6) is 0.656. The monoisotopic (exact) mass is 368 g/mol. The Bertz CT molecular complexity index is 714. The first-order valence-corrected chi connectivity index (χ1v) is 8.61. The van der Waals surface area contributed by atoms with Crippen molar-refractivity contribution in [3.8, 4) is 5.75 Å². The fraction of sp³-hybridized carbons (Fsp3) is 0.214. The molecular weight excluding hydrogens is 356 g/mol. The van der Waals surface area contributed by atoms with Gasteiger partial charge in [-0.3, -0.25) is 4.98 Å². The number of sulfonamides is 1. The Balaban J connectivity index is 1.64. The second-order valence-electron chi connectivity index (χ2n) is 4.70. The van der Waals surface area contributed by atoms with Crippen LogP contribution < -0.4 is 4.74 Å². The van der Waals surface area contributed by atoms with Crippen molar-refractivity contribution in [3.05, 3.63) is 53.3 Å². The zero-order valence-electron chi connectivity index (χ0n) is 11.0. The molecule has 21 heavy (non-hydrogen) atoms. The molecule has 2 heterocycles. The van der Waals surface area contributed by atoms with Crippen LogP contribution in [-0.4, -0.2) is 36.9 Å². The van der Waals surface area contributed by atoms with Crippen LogP contribution in [0.5, 0.6) is 5.75 Å². The van der Waals surface area contributed by atoms with Gasteiger partial charge in [-0.05, 0) is 36.4 Å². The Morgan fingerprint density at radius 2 is 1.90 bits per heavy atom. The van der Waals surface area contributed by atoms with Gasteiger partial charge in [-0.25, -0.2) is 8.42 Å². The van der Waals surface area contributed by atoms with Crippen LogP contribution in [0.2, 0.25) is 0 Å². The van der Waals surface area contributed by atoms with Crippen molar-refractivity contribution in [2.75, 3.05) is 13.1 Å². The molecule has 5 nitrogen and oxygen atoms in total. The van der Waals surface area contributed by atoms with Crippen molar-refractivity contribution in [1.29, 1.82) is 0 Å². The van der Waals surface area contributed by atoms with E-state index in [1.54, 1.807) is 48.8 Å². The number of benzene rings is 1. The van der Waals surface area contributed by atoms with Crippen LogP contribution in [0.25, 0.3) is 0 Å². The van der Waals surface area contributed by atoms with Crippen LogP contribution in [-0.2, 0) is 10.0 Å². The molecule has 0 aliphatic carbocycles. The minimum atomic E-state index is -3.43. The maximum absolute atomic E-state index is 12.4. The Morgan fingerprint density at radius 3 is 2.52 bits per heavy atom. The van der Waals surface area contributed by atoms with Gasteiger partial charge in [0.25, 0.3) is 0 Å². The van der Waals surface area contributed by atoms with E-state index < -0.39 is 10.0 Å². The summed E-state index contributed by atoms with van der Waals surface area (Å²) in [5, 5.41) is 0. The van der Waals surface area contributed by atoms with E-state index in [0.29, 0.717) is 23.7 Å². The maximum Gasteiger partial charge on any atom is 0.243 e. The van der Waals surface area contributed by atoms with Crippen LogP contribution in [0, 0.1) is 0 Å². The molecule has 0 saturated carbocycles. The standard InChI is InChI=1S/C14H13BrN2O3S/c15-11-3-5-14(6-4-11)21(18,19)17-9-13(10-17)20-12-2-1-7-16-8-12/h1-8,13H,9-10H2. The van der Waals surface area contributed by atoms with Crippen molar-refractivity contribution in [1.82, 2.24) is 9.29 Å². The second kappa shape index (κ2) is 5.75. The molecule has 0 unspecified atom stereocenters. The molecule has 1 aromatic carbocycles. The van der Waals surface area contributed by atoms with E-state index in [2.05, 4.69) is 20.9 Å². The Hall–Kier alpha value is -1.44. The lowest BCUT2D eigenvalue weighted by Gasteiger charge is -2.37. The number of hydrogen-bond acceptors (Lipinski definition) is 4. The van der Waals surface area contributed by atoms with Crippen molar-refractivity contribution < 1.29 is 13.2 Å². The van der Waals surface area contributed by atoms with Gasteiger partial charge >= 0.3 is 0 Å². The molecule has 7 heteroatoms. The summed E-state index contributed by atoms with van der Waals surface area (Å²) in [6, 6.07) is 10.2. The summed E-state index contributed by atoms with van der Waals surface area (Å²) in [6.07, 6.45) is 3.16. The summed E-state index contributed by atoms with van der Waals surface area (Å²) in [5.41, 5.74) is 0. The fourth-order valence-electron chi connectivity index (χ4n) is 2.04. The van der Waals surface area contributed by atoms with E-state index >= 15 is 0 Å². The van der Waals surface area contributed by atoms with Gasteiger partial charge < -0.3 is 4.74 Å². The van der Waals surface area contributed by atoms with E-state index in [0.717, 1.165) is 4.47 Å². The number of rotatable bonds is 4. The highest BCUT2D eigenvalue weighted by Crippen LogP contribution is 2.25. The topological polar surface area (TPSA) is 59.5 Å². The normalized spacial score (nSPS) is 16.4. The summed E-state index contributed by atoms with van der Waals surface area (Å²) in [6.45, 7) is 0.709. The number of halogens is 1. The summed E-state index contributed by atoms with van der Waals surface area (Å²) in [4.78, 5) is 4.26. The van der Waals surface area contributed by atoms with Crippen molar-refractivity contribution in [2.24, 2.45) is 0 Å². The molecule has 0 radical (unpaired) electrons. The molecule has 1 aliphatic heterocycles. The number of pyridine rings is 1. The molecule has 0 N–H and O–H groups in total. The van der Waals surface area contributed by atoms with E-state index in [-0.39, 0.29) is 6.10 Å². The molecule has 0 spiro atoms. The van der Waals surface area contributed by atoms with E-state index in [1.165, 1.54) is 4.31 Å². The van der Waals surface area contributed by atoms with Crippen molar-refractivity contribution in [3.63, 3.8) is 0 Å². The SMILES string of the molecule is O=S(=O)(c1ccc(Br)cc1)N1CC(Oc2cccnc2)C1. The van der Waals surface area contributed by atoms with Gasteiger partial charge in [0.15, 0.2) is 0 Å². The highest BCUT2D eigenvalue weighted by molar-refractivity contribution is 9.10. The van der Waals surface area contributed by atoms with Crippen LogP contribution in [0.1, 0.15) is 0 Å². The average Bonchev–Trinajstić information content (AvgIpc) is 2.44. The lowest BCUT2D eigenvalue weighted by atomic mass is 10.2. The first-order chi connectivity index (χ1) is 10.1. The Labute approximate surface area is 131 Å². The van der Waals surface area contributed by atoms with Crippen LogP contribution in [0.15, 0.2) is 58.2 Å². The zero-order chi connectivity index (χ0) is 14.9. The quantitative estimate of drug-likeness (QED) is 0.830. The molecule has 2 aromatic rings. The summed E-state index contributed by atoms with van der Waals surface area (Å²) < 4.78 is 32.7. The fourth-order valence-corrected chi connectivity index (χ4v) is 3.80. The van der Waals surface area contributed by atoms with E-state index in [4.69, 9.17) is 4.74 Å². The van der Waals surface area contributed by atoms with Gasteiger partial charge in [-0.15, -0.1) is 0 Å². The molecule has 0 bridgehead atoms. The van der Waals surface area contributed by atoms with Crippen molar-refractivity contribution in [2.45, 2.75) is 11.0 Å². The number of nitrogens with zero attached hydrogens (tertiary/aromatic N) is 2. The Morgan fingerprint density at radius 1 is 1.19 bits per heavy atom. The Kier molecular flexibility index (Phi) is 3.97. The zero-order valence-corrected chi connectivity index (χ0v) is 13.4. The van der Waals surface area contributed by atoms with Gasteiger partial charge in [0.1, 0.15) is 11.9 Å². The average molecular weight is 369 g/mol. The molecule has 1 aromatic heterocycles. The van der Waals surface area contributed by atoms with Gasteiger partial charge in [0, 0.05) is 10.7 Å². The third-order valence-electron chi connectivity index (χ3n) is 3.20. The first-order valence-electron chi connectivity index (χ1n) is 6.38. The van der Waals surface area contributed by atoms with Gasteiger partial charge in [0.05, 0.1) is 24.2 Å². The maximum atomic E-state index is 12.4.